The van der Waals surface area contributed by atoms with Gasteiger partial charge in [-0.15, -0.1) is 0 Å². The molecule has 1 aliphatic heterocycles. The predicted molar refractivity (Wildman–Crippen MR) is 75.0 cm³/mol. The summed E-state index contributed by atoms with van der Waals surface area (Å²) in [5, 5.41) is 50.1. The van der Waals surface area contributed by atoms with Crippen LogP contribution in [0.5, 0.6) is 0 Å². The summed E-state index contributed by atoms with van der Waals surface area (Å²) in [4.78, 5) is 23.1. The first-order chi connectivity index (χ1) is 10.8. The fourth-order valence-corrected chi connectivity index (χ4v) is 2.56. The molecule has 0 bridgehead atoms. The molecule has 23 heavy (non-hydrogen) atoms. The van der Waals surface area contributed by atoms with Gasteiger partial charge in [-0.2, -0.15) is 0 Å². The molecular weight excluding hydrogens is 310 g/mol. The molecule has 1 heterocycles. The monoisotopic (exact) mass is 331 g/mol. The van der Waals surface area contributed by atoms with E-state index in [9.17, 15) is 24.9 Å². The number of ether oxygens (including phenoxy) is 1. The Bertz CT molecular complexity index is 489. The SMILES string of the molecule is O=C(O)C1=CC(O)[C@@H](NC(=O)C2CCC2)C(C(O)C(O)CO)O1. The second-order valence-electron chi connectivity index (χ2n) is 5.81. The number of carboxylic acids is 1. The first-order valence-corrected chi connectivity index (χ1v) is 7.42. The Morgan fingerprint density at radius 1 is 1.35 bits per heavy atom. The van der Waals surface area contributed by atoms with Crippen LogP contribution in [0.2, 0.25) is 0 Å². The van der Waals surface area contributed by atoms with Gasteiger partial charge in [0.1, 0.15) is 18.3 Å². The van der Waals surface area contributed by atoms with E-state index in [4.69, 9.17) is 14.9 Å². The summed E-state index contributed by atoms with van der Waals surface area (Å²) in [5.41, 5.74) is 0. The van der Waals surface area contributed by atoms with Crippen LogP contribution in [0.4, 0.5) is 0 Å². The molecule has 2 rings (SSSR count). The van der Waals surface area contributed by atoms with Gasteiger partial charge < -0.3 is 35.6 Å². The third-order valence-electron chi connectivity index (χ3n) is 4.22. The van der Waals surface area contributed by atoms with Crippen molar-refractivity contribution >= 4 is 11.9 Å². The highest BCUT2D eigenvalue weighted by atomic mass is 16.5. The maximum atomic E-state index is 12.1. The van der Waals surface area contributed by atoms with Crippen LogP contribution in [0, 0.1) is 5.92 Å². The van der Waals surface area contributed by atoms with Crippen molar-refractivity contribution in [3.8, 4) is 0 Å². The third kappa shape index (κ3) is 3.81. The molecule has 0 saturated heterocycles. The largest absolute Gasteiger partial charge is 0.478 e. The van der Waals surface area contributed by atoms with Crippen molar-refractivity contribution in [3.05, 3.63) is 11.8 Å². The lowest BCUT2D eigenvalue weighted by Gasteiger charge is -2.39. The smallest absolute Gasteiger partial charge is 0.370 e. The Balaban J connectivity index is 2.19. The molecule has 9 nitrogen and oxygen atoms in total. The van der Waals surface area contributed by atoms with Crippen molar-refractivity contribution in [1.82, 2.24) is 5.32 Å². The van der Waals surface area contributed by atoms with Crippen LogP contribution in [0.15, 0.2) is 11.8 Å². The molecule has 0 aromatic rings. The fraction of sp³-hybridized carbons (Fsp3) is 0.714. The average molecular weight is 331 g/mol. The number of carbonyl (C=O) groups excluding carboxylic acids is 1. The lowest BCUT2D eigenvalue weighted by Crippen LogP contribution is -2.61. The van der Waals surface area contributed by atoms with Crippen molar-refractivity contribution in [1.29, 1.82) is 0 Å². The molecule has 1 fully saturated rings. The Morgan fingerprint density at radius 2 is 2.00 bits per heavy atom. The molecule has 2 aliphatic rings. The highest BCUT2D eigenvalue weighted by molar-refractivity contribution is 5.85. The number of hydrogen-bond donors (Lipinski definition) is 6. The number of aliphatic hydroxyl groups is 4. The molecule has 9 heteroatoms. The maximum absolute atomic E-state index is 12.1. The van der Waals surface area contributed by atoms with Gasteiger partial charge in [0.25, 0.3) is 0 Å². The van der Waals surface area contributed by atoms with Crippen LogP contribution >= 0.6 is 0 Å². The molecular formula is C14H21NO8. The number of nitrogens with one attached hydrogen (secondary N) is 1. The molecule has 0 radical (unpaired) electrons. The third-order valence-corrected chi connectivity index (χ3v) is 4.22. The minimum Gasteiger partial charge on any atom is -0.478 e. The van der Waals surface area contributed by atoms with E-state index in [-0.39, 0.29) is 11.8 Å². The van der Waals surface area contributed by atoms with Crippen LogP contribution in [-0.4, -0.2) is 74.5 Å². The van der Waals surface area contributed by atoms with E-state index in [1.54, 1.807) is 0 Å². The number of rotatable bonds is 6. The van der Waals surface area contributed by atoms with Crippen molar-refractivity contribution in [3.63, 3.8) is 0 Å². The first-order valence-electron chi connectivity index (χ1n) is 7.42. The average Bonchev–Trinajstić information content (AvgIpc) is 2.45. The molecule has 5 atom stereocenters. The molecule has 0 spiro atoms. The van der Waals surface area contributed by atoms with Gasteiger partial charge >= 0.3 is 5.97 Å². The van der Waals surface area contributed by atoms with E-state index >= 15 is 0 Å². The van der Waals surface area contributed by atoms with Crippen LogP contribution in [0.1, 0.15) is 19.3 Å². The zero-order chi connectivity index (χ0) is 17.1. The van der Waals surface area contributed by atoms with Gasteiger partial charge in [0.05, 0.1) is 12.6 Å². The van der Waals surface area contributed by atoms with Crippen molar-refractivity contribution in [2.45, 2.75) is 49.7 Å². The van der Waals surface area contributed by atoms with Crippen LogP contribution in [-0.2, 0) is 14.3 Å². The number of amides is 1. The summed E-state index contributed by atoms with van der Waals surface area (Å²) in [5.74, 6) is -2.57. The molecule has 6 N–H and O–H groups in total. The standard InChI is InChI=1S/C14H21NO8/c16-5-8(18)11(19)12-10(15-13(20)6-2-1-3-6)7(17)4-9(23-12)14(21)22/h4,6-8,10-12,16-19H,1-3,5H2,(H,15,20)(H,21,22)/t7?,8?,10-,11?,12?/m1/s1. The number of carboxylic acid groups (broad SMARTS) is 1. The summed E-state index contributed by atoms with van der Waals surface area (Å²) >= 11 is 0. The number of aliphatic carboxylic acids is 1. The Morgan fingerprint density at radius 3 is 2.48 bits per heavy atom. The van der Waals surface area contributed by atoms with Crippen LogP contribution in [0.3, 0.4) is 0 Å². The van der Waals surface area contributed by atoms with Gasteiger partial charge in [0, 0.05) is 5.92 Å². The molecule has 1 amide bonds. The second-order valence-corrected chi connectivity index (χ2v) is 5.81. The van der Waals surface area contributed by atoms with Gasteiger partial charge in [-0.3, -0.25) is 4.79 Å². The van der Waals surface area contributed by atoms with Crippen LogP contribution in [0.25, 0.3) is 0 Å². The van der Waals surface area contributed by atoms with Crippen molar-refractivity contribution < 1.29 is 39.9 Å². The highest BCUT2D eigenvalue weighted by Crippen LogP contribution is 2.28. The molecule has 4 unspecified atom stereocenters. The summed E-state index contributed by atoms with van der Waals surface area (Å²) in [7, 11) is 0. The van der Waals surface area contributed by atoms with Gasteiger partial charge in [-0.1, -0.05) is 6.42 Å². The van der Waals surface area contributed by atoms with Gasteiger partial charge in [0.15, 0.2) is 6.10 Å². The van der Waals surface area contributed by atoms with E-state index in [0.717, 1.165) is 25.3 Å². The minimum absolute atomic E-state index is 0.187. The zero-order valence-corrected chi connectivity index (χ0v) is 12.3. The van der Waals surface area contributed by atoms with E-state index in [1.165, 1.54) is 0 Å². The van der Waals surface area contributed by atoms with Gasteiger partial charge in [-0.25, -0.2) is 4.79 Å². The van der Waals surface area contributed by atoms with Crippen LogP contribution < -0.4 is 5.32 Å². The molecule has 0 aromatic heterocycles. The Kier molecular flexibility index (Phi) is 5.58. The lowest BCUT2D eigenvalue weighted by atomic mass is 9.84. The van der Waals surface area contributed by atoms with E-state index in [1.807, 2.05) is 0 Å². The Hall–Kier alpha value is -1.68. The maximum Gasteiger partial charge on any atom is 0.370 e. The Labute approximate surface area is 132 Å². The topological polar surface area (TPSA) is 157 Å². The normalized spacial score (nSPS) is 30.4. The fourth-order valence-electron chi connectivity index (χ4n) is 2.56. The molecule has 0 aromatic carbocycles. The molecule has 1 saturated carbocycles. The quantitative estimate of drug-likeness (QED) is 0.318. The number of aliphatic hydroxyl groups excluding tert-OH is 4. The predicted octanol–water partition coefficient (Wildman–Crippen LogP) is -2.29. The highest BCUT2D eigenvalue weighted by Gasteiger charge is 2.44. The first kappa shape index (κ1) is 17.7. The van der Waals surface area contributed by atoms with Crippen molar-refractivity contribution in [2.75, 3.05) is 6.61 Å². The summed E-state index contributed by atoms with van der Waals surface area (Å²) in [6.45, 7) is -0.785. The van der Waals surface area contributed by atoms with E-state index in [2.05, 4.69) is 5.32 Å². The number of carbonyl (C=O) groups is 2. The number of hydrogen-bond acceptors (Lipinski definition) is 7. The van der Waals surface area contributed by atoms with E-state index < -0.39 is 48.8 Å². The zero-order valence-electron chi connectivity index (χ0n) is 12.3. The van der Waals surface area contributed by atoms with E-state index in [0.29, 0.717) is 0 Å². The molecule has 1 aliphatic carbocycles. The minimum atomic E-state index is -1.69. The summed E-state index contributed by atoms with van der Waals surface area (Å²) in [6, 6.07) is -1.14. The molecule has 130 valence electrons. The van der Waals surface area contributed by atoms with Gasteiger partial charge in [-0.05, 0) is 18.9 Å². The van der Waals surface area contributed by atoms with Crippen molar-refractivity contribution in [2.24, 2.45) is 5.92 Å². The second kappa shape index (κ2) is 7.26. The summed E-state index contributed by atoms with van der Waals surface area (Å²) < 4.78 is 5.11. The van der Waals surface area contributed by atoms with Gasteiger partial charge in [0.2, 0.25) is 11.7 Å². The lowest BCUT2D eigenvalue weighted by molar-refractivity contribution is -0.150. The summed E-state index contributed by atoms with van der Waals surface area (Å²) in [6.07, 6.45) is -2.83.